The van der Waals surface area contributed by atoms with Crippen LogP contribution in [0.2, 0.25) is 0 Å². The van der Waals surface area contributed by atoms with Gasteiger partial charge in [-0.05, 0) is 47.4 Å². The molecule has 3 rings (SSSR count). The number of nitrogens with zero attached hydrogens (tertiary/aromatic N) is 4. The molecule has 0 N–H and O–H groups in total. The molecule has 0 spiro atoms. The maximum absolute atomic E-state index is 12.5. The third kappa shape index (κ3) is 4.02. The van der Waals surface area contributed by atoms with Crippen LogP contribution in [-0.4, -0.2) is 31.7 Å². The van der Waals surface area contributed by atoms with E-state index in [0.29, 0.717) is 22.4 Å². The molecule has 26 heavy (non-hydrogen) atoms. The van der Waals surface area contributed by atoms with Crippen molar-refractivity contribution in [3.05, 3.63) is 64.7 Å². The molecule has 0 atom stereocenters. The molecule has 0 fully saturated rings. The summed E-state index contributed by atoms with van der Waals surface area (Å²) < 4.78 is 1.69. The molecule has 1 aromatic heterocycles. The zero-order chi connectivity index (χ0) is 18.7. The minimum atomic E-state index is 0.0699. The van der Waals surface area contributed by atoms with Crippen molar-refractivity contribution >= 4 is 17.5 Å². The molecule has 0 saturated heterocycles. The highest BCUT2D eigenvalue weighted by molar-refractivity contribution is 7.99. The molecule has 0 bridgehead atoms. The monoisotopic (exact) mass is 366 g/mol. The first kappa shape index (κ1) is 18.3. The summed E-state index contributed by atoms with van der Waals surface area (Å²) in [6, 6.07) is 13.9. The molecule has 0 saturated carbocycles. The van der Waals surface area contributed by atoms with Gasteiger partial charge in [-0.1, -0.05) is 67.6 Å². The number of aryl methyl sites for hydroxylation is 2. The number of hydrogen-bond donors (Lipinski definition) is 0. The molecule has 0 unspecified atom stereocenters. The maximum Gasteiger partial charge on any atom is 0.214 e. The Hall–Kier alpha value is -2.47. The molecular formula is C20H22N4OS. The summed E-state index contributed by atoms with van der Waals surface area (Å²) in [5, 5.41) is 12.5. The van der Waals surface area contributed by atoms with Gasteiger partial charge in [-0.2, -0.15) is 4.68 Å². The first-order valence-electron chi connectivity index (χ1n) is 8.57. The number of rotatable bonds is 6. The number of carbonyl (C=O) groups is 1. The number of Topliss-reactive ketones (excluding diaryl/α,β-unsaturated/α-hetero) is 1. The van der Waals surface area contributed by atoms with Crippen molar-refractivity contribution in [2.45, 2.75) is 38.8 Å². The maximum atomic E-state index is 12.5. The van der Waals surface area contributed by atoms with Crippen molar-refractivity contribution < 1.29 is 4.79 Å². The van der Waals surface area contributed by atoms with E-state index in [-0.39, 0.29) is 5.78 Å². The lowest BCUT2D eigenvalue weighted by atomic mass is 10.0. The fourth-order valence-corrected chi connectivity index (χ4v) is 3.51. The zero-order valence-electron chi connectivity index (χ0n) is 15.4. The van der Waals surface area contributed by atoms with E-state index in [1.807, 2.05) is 43.3 Å². The van der Waals surface area contributed by atoms with Crippen LogP contribution in [0.15, 0.2) is 47.6 Å². The van der Waals surface area contributed by atoms with E-state index in [9.17, 15) is 4.79 Å². The van der Waals surface area contributed by atoms with Gasteiger partial charge in [0, 0.05) is 5.56 Å². The summed E-state index contributed by atoms with van der Waals surface area (Å²) in [6.45, 7) is 8.36. The molecule has 0 aliphatic carbocycles. The van der Waals surface area contributed by atoms with Crippen molar-refractivity contribution in [3.8, 4) is 5.69 Å². The average molecular weight is 366 g/mol. The molecule has 6 heteroatoms. The van der Waals surface area contributed by atoms with E-state index in [4.69, 9.17) is 0 Å². The smallest absolute Gasteiger partial charge is 0.214 e. The largest absolute Gasteiger partial charge is 0.293 e. The van der Waals surface area contributed by atoms with Gasteiger partial charge >= 0.3 is 0 Å². The minimum Gasteiger partial charge on any atom is -0.293 e. The van der Waals surface area contributed by atoms with Crippen molar-refractivity contribution in [1.29, 1.82) is 0 Å². The highest BCUT2D eigenvalue weighted by Crippen LogP contribution is 2.22. The number of aromatic nitrogens is 4. The number of tetrazole rings is 1. The first-order valence-corrected chi connectivity index (χ1v) is 9.56. The number of thioether (sulfide) groups is 1. The Labute approximate surface area is 157 Å². The summed E-state index contributed by atoms with van der Waals surface area (Å²) in [5.41, 5.74) is 5.15. The lowest BCUT2D eigenvalue weighted by Crippen LogP contribution is -2.06. The van der Waals surface area contributed by atoms with E-state index in [2.05, 4.69) is 42.4 Å². The number of carbonyl (C=O) groups excluding carboxylic acids is 1. The van der Waals surface area contributed by atoms with Crippen LogP contribution in [0.4, 0.5) is 0 Å². The second kappa shape index (κ2) is 7.83. The van der Waals surface area contributed by atoms with Crippen LogP contribution in [0.25, 0.3) is 5.69 Å². The van der Waals surface area contributed by atoms with Crippen LogP contribution < -0.4 is 0 Å². The fourth-order valence-electron chi connectivity index (χ4n) is 2.73. The van der Waals surface area contributed by atoms with Gasteiger partial charge in [-0.3, -0.25) is 4.79 Å². The predicted molar refractivity (Wildman–Crippen MR) is 104 cm³/mol. The van der Waals surface area contributed by atoms with Crippen molar-refractivity contribution in [2.75, 3.05) is 5.75 Å². The second-order valence-electron chi connectivity index (χ2n) is 6.65. The number of benzene rings is 2. The number of ketones is 1. The molecule has 2 aromatic carbocycles. The van der Waals surface area contributed by atoms with Crippen LogP contribution in [-0.2, 0) is 0 Å². The van der Waals surface area contributed by atoms with Crippen molar-refractivity contribution in [2.24, 2.45) is 0 Å². The summed E-state index contributed by atoms with van der Waals surface area (Å²) in [7, 11) is 0. The highest BCUT2D eigenvalue weighted by atomic mass is 32.2. The van der Waals surface area contributed by atoms with Gasteiger partial charge in [-0.15, -0.1) is 5.10 Å². The van der Waals surface area contributed by atoms with Crippen LogP contribution in [0.1, 0.15) is 46.8 Å². The van der Waals surface area contributed by atoms with Crippen LogP contribution in [0, 0.1) is 13.8 Å². The van der Waals surface area contributed by atoms with Gasteiger partial charge in [0.2, 0.25) is 5.16 Å². The van der Waals surface area contributed by atoms with Crippen LogP contribution in [0.5, 0.6) is 0 Å². The Morgan fingerprint density at radius 1 is 1.12 bits per heavy atom. The zero-order valence-corrected chi connectivity index (χ0v) is 16.2. The van der Waals surface area contributed by atoms with E-state index in [0.717, 1.165) is 11.3 Å². The Balaban J connectivity index is 1.72. The van der Waals surface area contributed by atoms with Crippen LogP contribution in [0.3, 0.4) is 0 Å². The SMILES string of the molecule is Cc1ccc(-n2nnnc2SCC(=O)c2ccc(C(C)C)cc2)c(C)c1. The molecule has 0 aliphatic rings. The lowest BCUT2D eigenvalue weighted by molar-refractivity contribution is 0.102. The van der Waals surface area contributed by atoms with Gasteiger partial charge in [-0.25, -0.2) is 0 Å². The molecular weight excluding hydrogens is 344 g/mol. The van der Waals surface area contributed by atoms with Crippen molar-refractivity contribution in [3.63, 3.8) is 0 Å². The standard InChI is InChI=1S/C20H22N4OS/c1-13(2)16-6-8-17(9-7-16)19(25)12-26-20-21-22-23-24(20)18-10-5-14(3)11-15(18)4/h5-11,13H,12H2,1-4H3. The second-order valence-corrected chi connectivity index (χ2v) is 7.59. The molecule has 134 valence electrons. The normalized spacial score (nSPS) is 11.1. The van der Waals surface area contributed by atoms with Crippen LogP contribution >= 0.6 is 11.8 Å². The fraction of sp³-hybridized carbons (Fsp3) is 0.300. The topological polar surface area (TPSA) is 60.7 Å². The Morgan fingerprint density at radius 2 is 1.85 bits per heavy atom. The van der Waals surface area contributed by atoms with Gasteiger partial charge < -0.3 is 0 Å². The lowest BCUT2D eigenvalue weighted by Gasteiger charge is -2.08. The predicted octanol–water partition coefficient (Wildman–Crippen LogP) is 4.38. The highest BCUT2D eigenvalue weighted by Gasteiger charge is 2.14. The van der Waals surface area contributed by atoms with Gasteiger partial charge in [0.15, 0.2) is 5.78 Å². The molecule has 0 radical (unpaired) electrons. The Kier molecular flexibility index (Phi) is 5.52. The van der Waals surface area contributed by atoms with Gasteiger partial charge in [0.25, 0.3) is 0 Å². The van der Waals surface area contributed by atoms with E-state index >= 15 is 0 Å². The summed E-state index contributed by atoms with van der Waals surface area (Å²) >= 11 is 1.35. The first-order chi connectivity index (χ1) is 12.5. The summed E-state index contributed by atoms with van der Waals surface area (Å²) in [6.07, 6.45) is 0. The summed E-state index contributed by atoms with van der Waals surface area (Å²) in [4.78, 5) is 12.5. The molecule has 0 amide bonds. The molecule has 3 aromatic rings. The summed E-state index contributed by atoms with van der Waals surface area (Å²) in [5.74, 6) is 0.822. The van der Waals surface area contributed by atoms with Gasteiger partial charge in [0.1, 0.15) is 0 Å². The van der Waals surface area contributed by atoms with E-state index in [1.54, 1.807) is 4.68 Å². The molecule has 5 nitrogen and oxygen atoms in total. The Bertz CT molecular complexity index is 916. The molecule has 0 aliphatic heterocycles. The van der Waals surface area contributed by atoms with Gasteiger partial charge in [0.05, 0.1) is 11.4 Å². The minimum absolute atomic E-state index is 0.0699. The van der Waals surface area contributed by atoms with E-state index < -0.39 is 0 Å². The third-order valence-electron chi connectivity index (χ3n) is 4.25. The van der Waals surface area contributed by atoms with E-state index in [1.165, 1.54) is 22.9 Å². The Morgan fingerprint density at radius 3 is 2.50 bits per heavy atom. The third-order valence-corrected chi connectivity index (χ3v) is 5.17. The quantitative estimate of drug-likeness (QED) is 0.479. The molecule has 1 heterocycles. The number of hydrogen-bond acceptors (Lipinski definition) is 5. The average Bonchev–Trinajstić information content (AvgIpc) is 3.08. The van der Waals surface area contributed by atoms with Crippen molar-refractivity contribution in [1.82, 2.24) is 20.2 Å².